The molecular weight excluding hydrogens is 305 g/mol. The van der Waals surface area contributed by atoms with Crippen molar-refractivity contribution in [1.82, 2.24) is 14.6 Å². The van der Waals surface area contributed by atoms with Gasteiger partial charge in [-0.05, 0) is 42.5 Å². The second kappa shape index (κ2) is 5.70. The van der Waals surface area contributed by atoms with Crippen molar-refractivity contribution in [2.24, 2.45) is 0 Å². The number of aldehydes is 1. The Bertz CT molecular complexity index is 1040. The topological polar surface area (TPSA) is 47.3 Å². The lowest BCUT2D eigenvalue weighted by atomic mass is 10.1. The third kappa shape index (κ3) is 2.56. The van der Waals surface area contributed by atoms with Gasteiger partial charge in [0.1, 0.15) is 18.4 Å². The Morgan fingerprint density at radius 2 is 1.71 bits per heavy atom. The van der Waals surface area contributed by atoms with Crippen molar-refractivity contribution < 1.29 is 9.18 Å². The van der Waals surface area contributed by atoms with Crippen LogP contribution in [0.4, 0.5) is 4.39 Å². The first-order chi connectivity index (χ1) is 11.7. The smallest absolute Gasteiger partial charge is 0.150 e. The fourth-order valence-corrected chi connectivity index (χ4v) is 2.59. The van der Waals surface area contributed by atoms with Gasteiger partial charge in [-0.1, -0.05) is 18.2 Å². The molecule has 0 bridgehead atoms. The second-order valence-electron chi connectivity index (χ2n) is 5.42. The quantitative estimate of drug-likeness (QED) is 0.536. The molecule has 0 fully saturated rings. The van der Waals surface area contributed by atoms with Crippen LogP contribution in [0.15, 0.2) is 67.0 Å². The van der Waals surface area contributed by atoms with Gasteiger partial charge in [-0.15, -0.1) is 0 Å². The molecule has 0 spiro atoms. The number of benzene rings is 2. The number of hydrogen-bond donors (Lipinski definition) is 0. The summed E-state index contributed by atoms with van der Waals surface area (Å²) in [6.07, 6.45) is 2.44. The maximum Gasteiger partial charge on any atom is 0.150 e. The third-order valence-corrected chi connectivity index (χ3v) is 3.81. The minimum atomic E-state index is -0.276. The fourth-order valence-electron chi connectivity index (χ4n) is 2.59. The number of carbonyl (C=O) groups is 1. The van der Waals surface area contributed by atoms with E-state index in [0.717, 1.165) is 34.3 Å². The van der Waals surface area contributed by atoms with Crippen molar-refractivity contribution >= 4 is 11.8 Å². The molecule has 4 rings (SSSR count). The van der Waals surface area contributed by atoms with Gasteiger partial charge in [-0.2, -0.15) is 5.10 Å². The lowest BCUT2D eigenvalue weighted by molar-refractivity contribution is 0.112. The Hall–Kier alpha value is -3.34. The molecule has 0 N–H and O–H groups in total. The van der Waals surface area contributed by atoms with E-state index in [4.69, 9.17) is 0 Å². The highest BCUT2D eigenvalue weighted by atomic mass is 19.1. The van der Waals surface area contributed by atoms with Crippen LogP contribution in [0.3, 0.4) is 0 Å². The number of aromatic nitrogens is 3. The van der Waals surface area contributed by atoms with Gasteiger partial charge < -0.3 is 0 Å². The maximum absolute atomic E-state index is 13.0. The van der Waals surface area contributed by atoms with Crippen LogP contribution in [-0.2, 0) is 0 Å². The Balaban J connectivity index is 1.78. The molecule has 0 saturated carbocycles. The van der Waals surface area contributed by atoms with E-state index < -0.39 is 0 Å². The van der Waals surface area contributed by atoms with E-state index in [0.29, 0.717) is 5.56 Å². The van der Waals surface area contributed by atoms with Gasteiger partial charge >= 0.3 is 0 Å². The Kier molecular flexibility index (Phi) is 3.39. The van der Waals surface area contributed by atoms with Crippen LogP contribution < -0.4 is 0 Å². The standard InChI is InChI=1S/C19H12FN3O/c20-16-6-4-14(5-7-16)19-10-17-9-18(21-12-23(17)22-19)15-3-1-2-13(8-15)11-24/h1-12H. The summed E-state index contributed by atoms with van der Waals surface area (Å²) < 4.78 is 14.7. The molecule has 5 heteroatoms. The van der Waals surface area contributed by atoms with Crippen LogP contribution in [-0.4, -0.2) is 20.9 Å². The molecule has 116 valence electrons. The number of hydrogen-bond acceptors (Lipinski definition) is 3. The molecule has 2 aromatic heterocycles. The highest BCUT2D eigenvalue weighted by Gasteiger charge is 2.07. The molecule has 0 saturated heterocycles. The Labute approximate surface area is 137 Å². The molecule has 0 atom stereocenters. The highest BCUT2D eigenvalue weighted by molar-refractivity contribution is 5.79. The summed E-state index contributed by atoms with van der Waals surface area (Å²) in [5.41, 5.74) is 4.69. The van der Waals surface area contributed by atoms with E-state index in [1.165, 1.54) is 12.1 Å². The summed E-state index contributed by atoms with van der Waals surface area (Å²) in [4.78, 5) is 15.3. The van der Waals surface area contributed by atoms with E-state index >= 15 is 0 Å². The summed E-state index contributed by atoms with van der Waals surface area (Å²) in [5.74, 6) is -0.276. The number of halogens is 1. The van der Waals surface area contributed by atoms with Crippen LogP contribution in [0.5, 0.6) is 0 Å². The zero-order chi connectivity index (χ0) is 16.5. The minimum Gasteiger partial charge on any atom is -0.298 e. The van der Waals surface area contributed by atoms with E-state index in [9.17, 15) is 9.18 Å². The normalized spacial score (nSPS) is 10.9. The van der Waals surface area contributed by atoms with Gasteiger partial charge in [0.25, 0.3) is 0 Å². The summed E-state index contributed by atoms with van der Waals surface area (Å²) in [6, 6.07) is 17.3. The van der Waals surface area contributed by atoms with Crippen molar-refractivity contribution in [2.45, 2.75) is 0 Å². The molecular formula is C19H12FN3O. The first-order valence-corrected chi connectivity index (χ1v) is 7.40. The molecule has 0 aliphatic carbocycles. The zero-order valence-electron chi connectivity index (χ0n) is 12.6. The van der Waals surface area contributed by atoms with Gasteiger partial charge in [-0.25, -0.2) is 13.9 Å². The van der Waals surface area contributed by atoms with Gasteiger partial charge in [0.05, 0.1) is 16.9 Å². The van der Waals surface area contributed by atoms with E-state index in [2.05, 4.69) is 10.1 Å². The van der Waals surface area contributed by atoms with Crippen LogP contribution in [0.1, 0.15) is 10.4 Å². The molecule has 0 amide bonds. The zero-order valence-corrected chi connectivity index (χ0v) is 12.6. The summed E-state index contributed by atoms with van der Waals surface area (Å²) >= 11 is 0. The van der Waals surface area contributed by atoms with Crippen LogP contribution >= 0.6 is 0 Å². The lowest BCUT2D eigenvalue weighted by Gasteiger charge is -2.02. The molecule has 2 heterocycles. The summed E-state index contributed by atoms with van der Waals surface area (Å²) in [6.45, 7) is 0. The maximum atomic E-state index is 13.0. The van der Waals surface area contributed by atoms with Gasteiger partial charge in [0, 0.05) is 16.7 Å². The van der Waals surface area contributed by atoms with Crippen LogP contribution in [0, 0.1) is 5.82 Å². The monoisotopic (exact) mass is 317 g/mol. The van der Waals surface area contributed by atoms with Crippen molar-refractivity contribution in [2.75, 3.05) is 0 Å². The predicted octanol–water partition coefficient (Wildman–Crippen LogP) is 4.01. The van der Waals surface area contributed by atoms with Crippen molar-refractivity contribution in [3.8, 4) is 22.5 Å². The van der Waals surface area contributed by atoms with Crippen molar-refractivity contribution in [3.05, 3.63) is 78.4 Å². The Morgan fingerprint density at radius 1 is 0.917 bits per heavy atom. The number of nitrogens with zero attached hydrogens (tertiary/aromatic N) is 3. The van der Waals surface area contributed by atoms with Crippen molar-refractivity contribution in [3.63, 3.8) is 0 Å². The molecule has 2 aromatic carbocycles. The molecule has 4 nitrogen and oxygen atoms in total. The predicted molar refractivity (Wildman–Crippen MR) is 89.2 cm³/mol. The van der Waals surface area contributed by atoms with Crippen LogP contribution in [0.2, 0.25) is 0 Å². The largest absolute Gasteiger partial charge is 0.298 e. The lowest BCUT2D eigenvalue weighted by Crippen LogP contribution is -1.92. The average Bonchev–Trinajstić information content (AvgIpc) is 3.05. The number of carbonyl (C=O) groups excluding carboxylic acids is 1. The molecule has 0 radical (unpaired) electrons. The minimum absolute atomic E-state index is 0.276. The van der Waals surface area contributed by atoms with E-state index in [1.54, 1.807) is 35.1 Å². The molecule has 0 aliphatic heterocycles. The van der Waals surface area contributed by atoms with E-state index in [1.807, 2.05) is 24.3 Å². The SMILES string of the molecule is O=Cc1cccc(-c2cc3cc(-c4ccc(F)cc4)nn3cn2)c1. The first kappa shape index (κ1) is 14.3. The van der Waals surface area contributed by atoms with Crippen LogP contribution in [0.25, 0.3) is 28.0 Å². The highest BCUT2D eigenvalue weighted by Crippen LogP contribution is 2.23. The summed E-state index contributed by atoms with van der Waals surface area (Å²) in [7, 11) is 0. The van der Waals surface area contributed by atoms with Gasteiger partial charge in [-0.3, -0.25) is 4.79 Å². The molecule has 4 aromatic rings. The van der Waals surface area contributed by atoms with Crippen molar-refractivity contribution in [1.29, 1.82) is 0 Å². The van der Waals surface area contributed by atoms with E-state index in [-0.39, 0.29) is 5.82 Å². The summed E-state index contributed by atoms with van der Waals surface area (Å²) in [5, 5.41) is 4.46. The second-order valence-corrected chi connectivity index (χ2v) is 5.42. The van der Waals surface area contributed by atoms with Gasteiger partial charge in [0.2, 0.25) is 0 Å². The number of rotatable bonds is 3. The molecule has 0 unspecified atom stereocenters. The van der Waals surface area contributed by atoms with Gasteiger partial charge in [0.15, 0.2) is 0 Å². The number of fused-ring (bicyclic) bond motifs is 1. The Morgan fingerprint density at radius 3 is 2.50 bits per heavy atom. The third-order valence-electron chi connectivity index (χ3n) is 3.81. The average molecular weight is 317 g/mol. The fraction of sp³-hybridized carbons (Fsp3) is 0. The molecule has 0 aliphatic rings. The first-order valence-electron chi connectivity index (χ1n) is 7.40. The molecule has 24 heavy (non-hydrogen) atoms.